The van der Waals surface area contributed by atoms with Gasteiger partial charge in [-0.15, -0.1) is 11.3 Å². The summed E-state index contributed by atoms with van der Waals surface area (Å²) in [6.07, 6.45) is 0. The van der Waals surface area contributed by atoms with Crippen LogP contribution in [-0.4, -0.2) is 11.8 Å². The van der Waals surface area contributed by atoms with Crippen molar-refractivity contribution in [3.8, 4) is 6.07 Å². The summed E-state index contributed by atoms with van der Waals surface area (Å²) in [6.45, 7) is 1.98. The number of fused-ring (bicyclic) bond motifs is 2. The maximum Gasteiger partial charge on any atom is 0.257 e. The van der Waals surface area contributed by atoms with Gasteiger partial charge in [0.1, 0.15) is 0 Å². The van der Waals surface area contributed by atoms with E-state index in [1.54, 1.807) is 12.1 Å². The molecule has 0 fully saturated rings. The topological polar surface area (TPSA) is 82.0 Å². The van der Waals surface area contributed by atoms with Crippen LogP contribution in [0.15, 0.2) is 66.0 Å². The van der Waals surface area contributed by atoms with Crippen molar-refractivity contribution in [2.75, 3.05) is 5.32 Å². The SMILES string of the molecule is Cc1ccccc1C1NC(=O)c2c(C#N)ccc(NC(=O)c3csc4ccccc34)c21. The average Bonchev–Trinajstić information content (AvgIpc) is 3.36. The smallest absolute Gasteiger partial charge is 0.257 e. The van der Waals surface area contributed by atoms with Crippen LogP contribution in [0.3, 0.4) is 0 Å². The molecule has 1 aliphatic heterocycles. The minimum absolute atomic E-state index is 0.243. The van der Waals surface area contributed by atoms with Crippen molar-refractivity contribution in [3.05, 3.63) is 99.4 Å². The molecule has 0 radical (unpaired) electrons. The summed E-state index contributed by atoms with van der Waals surface area (Å²) in [6, 6.07) is 20.5. The molecule has 0 bridgehead atoms. The van der Waals surface area contributed by atoms with Gasteiger partial charge in [0.15, 0.2) is 0 Å². The minimum Gasteiger partial charge on any atom is -0.341 e. The van der Waals surface area contributed by atoms with Crippen LogP contribution in [0.5, 0.6) is 0 Å². The Kier molecular flexibility index (Phi) is 4.54. The van der Waals surface area contributed by atoms with Gasteiger partial charge in [0, 0.05) is 26.7 Å². The first-order valence-electron chi connectivity index (χ1n) is 9.79. The zero-order chi connectivity index (χ0) is 21.5. The van der Waals surface area contributed by atoms with Gasteiger partial charge in [-0.3, -0.25) is 9.59 Å². The Morgan fingerprint density at radius 2 is 1.87 bits per heavy atom. The van der Waals surface area contributed by atoms with E-state index in [9.17, 15) is 14.9 Å². The molecule has 4 aromatic rings. The van der Waals surface area contributed by atoms with Crippen LogP contribution in [0, 0.1) is 18.3 Å². The highest BCUT2D eigenvalue weighted by molar-refractivity contribution is 7.17. The summed E-state index contributed by atoms with van der Waals surface area (Å²) in [5.74, 6) is -0.552. The second-order valence-electron chi connectivity index (χ2n) is 7.42. The number of carbonyl (C=O) groups excluding carboxylic acids is 2. The predicted octanol–water partition coefficient (Wildman–Crippen LogP) is 5.17. The van der Waals surface area contributed by atoms with Crippen LogP contribution in [0.4, 0.5) is 5.69 Å². The predicted molar refractivity (Wildman–Crippen MR) is 121 cm³/mol. The number of aryl methyl sites for hydroxylation is 1. The van der Waals surface area contributed by atoms with Crippen molar-refractivity contribution >= 4 is 38.9 Å². The van der Waals surface area contributed by atoms with Crippen LogP contribution in [0.2, 0.25) is 0 Å². The van der Waals surface area contributed by atoms with Gasteiger partial charge in [-0.25, -0.2) is 0 Å². The maximum atomic E-state index is 13.2. The van der Waals surface area contributed by atoms with Crippen molar-refractivity contribution < 1.29 is 9.59 Å². The molecule has 2 amide bonds. The minimum atomic E-state index is -0.438. The lowest BCUT2D eigenvalue weighted by molar-refractivity contribution is 0.0959. The average molecular weight is 423 g/mol. The molecule has 6 heteroatoms. The molecule has 31 heavy (non-hydrogen) atoms. The molecule has 1 aliphatic rings. The molecular weight excluding hydrogens is 406 g/mol. The standard InChI is InChI=1S/C25H17N3O2S/c1-14-6-2-3-7-16(14)23-22-19(11-10-15(12-26)21(22)25(30)28-23)27-24(29)18-13-31-20-9-5-4-8-17(18)20/h2-11,13,23H,1H3,(H,27,29)(H,28,30). The lowest BCUT2D eigenvalue weighted by Crippen LogP contribution is -2.21. The van der Waals surface area contributed by atoms with Crippen LogP contribution in [0.1, 0.15) is 49.0 Å². The molecule has 5 rings (SSSR count). The molecule has 1 atom stereocenters. The molecule has 2 N–H and O–H groups in total. The number of hydrogen-bond donors (Lipinski definition) is 2. The Morgan fingerprint density at radius 1 is 1.10 bits per heavy atom. The molecule has 0 aliphatic carbocycles. The Morgan fingerprint density at radius 3 is 2.68 bits per heavy atom. The number of anilines is 1. The summed E-state index contributed by atoms with van der Waals surface area (Å²) in [7, 11) is 0. The molecule has 150 valence electrons. The first kappa shape index (κ1) is 19.0. The number of nitrogens with one attached hydrogen (secondary N) is 2. The van der Waals surface area contributed by atoms with Gasteiger partial charge >= 0.3 is 0 Å². The van der Waals surface area contributed by atoms with Crippen molar-refractivity contribution in [2.45, 2.75) is 13.0 Å². The Labute approximate surface area is 183 Å². The Hall–Kier alpha value is -3.95. The fourth-order valence-electron chi connectivity index (χ4n) is 4.13. The van der Waals surface area contributed by atoms with E-state index in [1.165, 1.54) is 11.3 Å². The third kappa shape index (κ3) is 3.07. The summed E-state index contributed by atoms with van der Waals surface area (Å²) in [5.41, 5.74) is 4.31. The summed E-state index contributed by atoms with van der Waals surface area (Å²) >= 11 is 1.51. The van der Waals surface area contributed by atoms with Gasteiger partial charge in [-0.1, -0.05) is 42.5 Å². The zero-order valence-electron chi connectivity index (χ0n) is 16.6. The fourth-order valence-corrected chi connectivity index (χ4v) is 5.07. The van der Waals surface area contributed by atoms with E-state index in [1.807, 2.05) is 60.8 Å². The largest absolute Gasteiger partial charge is 0.341 e. The number of thiophene rings is 1. The molecule has 0 spiro atoms. The third-order valence-electron chi connectivity index (χ3n) is 5.63. The van der Waals surface area contributed by atoms with Crippen LogP contribution >= 0.6 is 11.3 Å². The highest BCUT2D eigenvalue weighted by Crippen LogP contribution is 2.39. The number of hydrogen-bond acceptors (Lipinski definition) is 4. The molecule has 1 unspecified atom stereocenters. The fraction of sp³-hybridized carbons (Fsp3) is 0.0800. The van der Waals surface area contributed by atoms with E-state index in [-0.39, 0.29) is 11.8 Å². The van der Waals surface area contributed by atoms with E-state index in [0.717, 1.165) is 21.2 Å². The molecular formula is C25H17N3O2S. The number of amides is 2. The number of benzene rings is 3. The molecule has 3 aromatic carbocycles. The molecule has 0 saturated heterocycles. The number of carbonyl (C=O) groups is 2. The summed E-state index contributed by atoms with van der Waals surface area (Å²) < 4.78 is 1.03. The molecule has 2 heterocycles. The van der Waals surface area contributed by atoms with E-state index in [2.05, 4.69) is 16.7 Å². The molecule has 0 saturated carbocycles. The first-order valence-corrected chi connectivity index (χ1v) is 10.7. The summed E-state index contributed by atoms with van der Waals surface area (Å²) in [4.78, 5) is 26.0. The van der Waals surface area contributed by atoms with Gasteiger partial charge in [-0.2, -0.15) is 5.26 Å². The number of rotatable bonds is 3. The first-order chi connectivity index (χ1) is 15.1. The van der Waals surface area contributed by atoms with Gasteiger partial charge in [0.05, 0.1) is 28.8 Å². The second kappa shape index (κ2) is 7.38. The van der Waals surface area contributed by atoms with Crippen molar-refractivity contribution in [3.63, 3.8) is 0 Å². The quantitative estimate of drug-likeness (QED) is 0.477. The van der Waals surface area contributed by atoms with Gasteiger partial charge in [0.25, 0.3) is 11.8 Å². The van der Waals surface area contributed by atoms with E-state index in [0.29, 0.717) is 27.9 Å². The lowest BCUT2D eigenvalue weighted by Gasteiger charge is -2.18. The van der Waals surface area contributed by atoms with Gasteiger partial charge in [0.2, 0.25) is 0 Å². The number of nitriles is 1. The van der Waals surface area contributed by atoms with Crippen LogP contribution in [-0.2, 0) is 0 Å². The van der Waals surface area contributed by atoms with Crippen LogP contribution < -0.4 is 10.6 Å². The monoisotopic (exact) mass is 423 g/mol. The van der Waals surface area contributed by atoms with Crippen molar-refractivity contribution in [1.29, 1.82) is 5.26 Å². The highest BCUT2D eigenvalue weighted by atomic mass is 32.1. The Bertz CT molecular complexity index is 1410. The van der Waals surface area contributed by atoms with Crippen LogP contribution in [0.25, 0.3) is 10.1 Å². The van der Waals surface area contributed by atoms with Crippen molar-refractivity contribution in [1.82, 2.24) is 5.32 Å². The van der Waals surface area contributed by atoms with Crippen molar-refractivity contribution in [2.24, 2.45) is 0 Å². The normalized spacial score (nSPS) is 14.7. The lowest BCUT2D eigenvalue weighted by atomic mass is 9.91. The zero-order valence-corrected chi connectivity index (χ0v) is 17.4. The highest BCUT2D eigenvalue weighted by Gasteiger charge is 2.35. The van der Waals surface area contributed by atoms with E-state index in [4.69, 9.17) is 0 Å². The van der Waals surface area contributed by atoms with E-state index >= 15 is 0 Å². The molecule has 1 aromatic heterocycles. The van der Waals surface area contributed by atoms with E-state index < -0.39 is 6.04 Å². The van der Waals surface area contributed by atoms with Gasteiger partial charge in [-0.05, 0) is 36.2 Å². The summed E-state index contributed by atoms with van der Waals surface area (Å²) in [5, 5.41) is 18.3. The molecule has 5 nitrogen and oxygen atoms in total. The maximum absolute atomic E-state index is 13.2. The number of nitrogens with zero attached hydrogens (tertiary/aromatic N) is 1. The Balaban J connectivity index is 1.62. The second-order valence-corrected chi connectivity index (χ2v) is 8.34. The third-order valence-corrected chi connectivity index (χ3v) is 6.59. The van der Waals surface area contributed by atoms with Gasteiger partial charge < -0.3 is 10.6 Å².